The van der Waals surface area contributed by atoms with Crippen molar-refractivity contribution in [3.63, 3.8) is 0 Å². The predicted octanol–water partition coefficient (Wildman–Crippen LogP) is 4.63. The van der Waals surface area contributed by atoms with Crippen LogP contribution >= 0.6 is 0 Å². The van der Waals surface area contributed by atoms with Crippen LogP contribution in [0.2, 0.25) is 0 Å². The van der Waals surface area contributed by atoms with E-state index in [2.05, 4.69) is 76.4 Å². The Morgan fingerprint density at radius 1 is 1.11 bits per heavy atom. The lowest BCUT2D eigenvalue weighted by Gasteiger charge is -2.18. The van der Waals surface area contributed by atoms with Gasteiger partial charge in [-0.25, -0.2) is 0 Å². The summed E-state index contributed by atoms with van der Waals surface area (Å²) in [5, 5.41) is 3.45. The average Bonchev–Trinajstić information content (AvgIpc) is 2.32. The molecule has 1 heteroatoms. The van der Waals surface area contributed by atoms with E-state index in [4.69, 9.17) is 0 Å². The van der Waals surface area contributed by atoms with E-state index in [-0.39, 0.29) is 5.41 Å². The first-order valence-electron chi connectivity index (χ1n) is 7.37. The SMILES string of the molecule is CC(C)CNCCC=Cc1ccc(C(C)(C)C)cc1. The molecule has 1 aromatic rings. The fourth-order valence-corrected chi connectivity index (χ4v) is 1.89. The zero-order valence-electron chi connectivity index (χ0n) is 13.2. The summed E-state index contributed by atoms with van der Waals surface area (Å²) in [6.45, 7) is 13.4. The minimum absolute atomic E-state index is 0.239. The third kappa shape index (κ3) is 6.58. The van der Waals surface area contributed by atoms with E-state index in [0.717, 1.165) is 25.4 Å². The van der Waals surface area contributed by atoms with Gasteiger partial charge in [-0.05, 0) is 42.0 Å². The van der Waals surface area contributed by atoms with Gasteiger partial charge in [0.25, 0.3) is 0 Å². The minimum Gasteiger partial charge on any atom is -0.316 e. The molecule has 0 aliphatic carbocycles. The molecule has 0 saturated carbocycles. The minimum atomic E-state index is 0.239. The molecule has 19 heavy (non-hydrogen) atoms. The molecule has 0 bridgehead atoms. The zero-order valence-corrected chi connectivity index (χ0v) is 13.2. The average molecular weight is 259 g/mol. The molecule has 1 rings (SSSR count). The molecule has 0 aliphatic heterocycles. The van der Waals surface area contributed by atoms with Crippen LogP contribution in [0, 0.1) is 5.92 Å². The fraction of sp³-hybridized carbons (Fsp3) is 0.556. The summed E-state index contributed by atoms with van der Waals surface area (Å²) in [6.07, 6.45) is 5.55. The van der Waals surface area contributed by atoms with Gasteiger partial charge < -0.3 is 5.32 Å². The third-order valence-corrected chi connectivity index (χ3v) is 3.13. The van der Waals surface area contributed by atoms with E-state index in [1.54, 1.807) is 0 Å². The largest absolute Gasteiger partial charge is 0.316 e. The van der Waals surface area contributed by atoms with Crippen molar-refractivity contribution in [2.45, 2.75) is 46.5 Å². The van der Waals surface area contributed by atoms with Crippen LogP contribution in [-0.4, -0.2) is 13.1 Å². The lowest BCUT2D eigenvalue weighted by atomic mass is 9.87. The van der Waals surface area contributed by atoms with Gasteiger partial charge >= 0.3 is 0 Å². The first-order chi connectivity index (χ1) is 8.89. The van der Waals surface area contributed by atoms with Crippen molar-refractivity contribution in [1.82, 2.24) is 5.32 Å². The molecular weight excluding hydrogens is 230 g/mol. The summed E-state index contributed by atoms with van der Waals surface area (Å²) in [7, 11) is 0. The molecule has 0 saturated heterocycles. The second-order valence-electron chi connectivity index (χ2n) is 6.66. The Morgan fingerprint density at radius 2 is 1.74 bits per heavy atom. The molecule has 0 heterocycles. The monoisotopic (exact) mass is 259 g/mol. The summed E-state index contributed by atoms with van der Waals surface area (Å²) in [6, 6.07) is 8.88. The quantitative estimate of drug-likeness (QED) is 0.734. The highest BCUT2D eigenvalue weighted by atomic mass is 14.8. The van der Waals surface area contributed by atoms with Crippen LogP contribution in [0.25, 0.3) is 6.08 Å². The van der Waals surface area contributed by atoms with Gasteiger partial charge in [0.2, 0.25) is 0 Å². The number of hydrogen-bond acceptors (Lipinski definition) is 1. The number of benzene rings is 1. The molecule has 0 amide bonds. The van der Waals surface area contributed by atoms with Crippen molar-refractivity contribution in [3.8, 4) is 0 Å². The second kappa shape index (κ2) is 7.49. The topological polar surface area (TPSA) is 12.0 Å². The Hall–Kier alpha value is -1.08. The highest BCUT2D eigenvalue weighted by Gasteiger charge is 2.12. The van der Waals surface area contributed by atoms with Gasteiger partial charge in [0.1, 0.15) is 0 Å². The fourth-order valence-electron chi connectivity index (χ4n) is 1.89. The maximum atomic E-state index is 3.45. The van der Waals surface area contributed by atoms with E-state index < -0.39 is 0 Å². The molecule has 0 atom stereocenters. The van der Waals surface area contributed by atoms with Crippen LogP contribution < -0.4 is 5.32 Å². The number of hydrogen-bond donors (Lipinski definition) is 1. The lowest BCUT2D eigenvalue weighted by molar-refractivity contribution is 0.557. The smallest absolute Gasteiger partial charge is 0.00140 e. The summed E-state index contributed by atoms with van der Waals surface area (Å²) >= 11 is 0. The Balaban J connectivity index is 2.37. The molecular formula is C18H29N. The van der Waals surface area contributed by atoms with E-state index >= 15 is 0 Å². The highest BCUT2D eigenvalue weighted by molar-refractivity contribution is 5.50. The molecule has 106 valence electrons. The molecule has 1 nitrogen and oxygen atoms in total. The van der Waals surface area contributed by atoms with Crippen LogP contribution in [0.5, 0.6) is 0 Å². The van der Waals surface area contributed by atoms with Crippen molar-refractivity contribution in [2.75, 3.05) is 13.1 Å². The first-order valence-corrected chi connectivity index (χ1v) is 7.37. The molecule has 1 N–H and O–H groups in total. The first kappa shape index (κ1) is 16.0. The third-order valence-electron chi connectivity index (χ3n) is 3.13. The van der Waals surface area contributed by atoms with Crippen LogP contribution in [0.1, 0.15) is 52.2 Å². The van der Waals surface area contributed by atoms with E-state index in [1.807, 2.05) is 0 Å². The van der Waals surface area contributed by atoms with Crippen molar-refractivity contribution >= 4 is 6.08 Å². The molecule has 0 radical (unpaired) electrons. The Morgan fingerprint density at radius 3 is 2.26 bits per heavy atom. The molecule has 0 unspecified atom stereocenters. The van der Waals surface area contributed by atoms with Crippen LogP contribution in [0.15, 0.2) is 30.3 Å². The van der Waals surface area contributed by atoms with E-state index in [1.165, 1.54) is 11.1 Å². The van der Waals surface area contributed by atoms with Gasteiger partial charge in [-0.1, -0.05) is 71.0 Å². The maximum Gasteiger partial charge on any atom is -0.00140 e. The predicted molar refractivity (Wildman–Crippen MR) is 86.5 cm³/mol. The van der Waals surface area contributed by atoms with Crippen molar-refractivity contribution < 1.29 is 0 Å². The van der Waals surface area contributed by atoms with Crippen molar-refractivity contribution in [3.05, 3.63) is 41.5 Å². The second-order valence-corrected chi connectivity index (χ2v) is 6.66. The summed E-state index contributed by atoms with van der Waals surface area (Å²) in [4.78, 5) is 0. The molecule has 0 aliphatic rings. The molecule has 0 spiro atoms. The van der Waals surface area contributed by atoms with Crippen LogP contribution in [0.4, 0.5) is 0 Å². The van der Waals surface area contributed by atoms with Gasteiger partial charge in [0, 0.05) is 0 Å². The number of rotatable bonds is 6. The Kier molecular flexibility index (Phi) is 6.30. The maximum absolute atomic E-state index is 3.45. The van der Waals surface area contributed by atoms with Gasteiger partial charge in [-0.3, -0.25) is 0 Å². The Labute approximate surface area is 119 Å². The summed E-state index contributed by atoms with van der Waals surface area (Å²) < 4.78 is 0. The normalized spacial score (nSPS) is 12.5. The van der Waals surface area contributed by atoms with Gasteiger partial charge in [-0.15, -0.1) is 0 Å². The molecule has 1 aromatic carbocycles. The van der Waals surface area contributed by atoms with Crippen molar-refractivity contribution in [2.24, 2.45) is 5.92 Å². The highest BCUT2D eigenvalue weighted by Crippen LogP contribution is 2.22. The molecule has 0 aromatic heterocycles. The van der Waals surface area contributed by atoms with E-state index in [9.17, 15) is 0 Å². The van der Waals surface area contributed by atoms with Gasteiger partial charge in [-0.2, -0.15) is 0 Å². The summed E-state index contributed by atoms with van der Waals surface area (Å²) in [5.41, 5.74) is 2.92. The van der Waals surface area contributed by atoms with Crippen LogP contribution in [0.3, 0.4) is 0 Å². The zero-order chi connectivity index (χ0) is 14.3. The van der Waals surface area contributed by atoms with Gasteiger partial charge in [0.05, 0.1) is 0 Å². The Bertz CT molecular complexity index is 379. The standard InChI is InChI=1S/C18H29N/c1-15(2)14-19-13-7-6-8-16-9-11-17(12-10-16)18(3,4)5/h6,8-12,15,19H,7,13-14H2,1-5H3. The van der Waals surface area contributed by atoms with Crippen LogP contribution in [-0.2, 0) is 5.41 Å². The van der Waals surface area contributed by atoms with E-state index in [0.29, 0.717) is 0 Å². The van der Waals surface area contributed by atoms with Gasteiger partial charge in [0.15, 0.2) is 0 Å². The number of nitrogens with one attached hydrogen (secondary N) is 1. The summed E-state index contributed by atoms with van der Waals surface area (Å²) in [5.74, 6) is 0.730. The lowest BCUT2D eigenvalue weighted by Crippen LogP contribution is -2.20. The molecule has 0 fully saturated rings. The van der Waals surface area contributed by atoms with Crippen molar-refractivity contribution in [1.29, 1.82) is 0 Å².